The van der Waals surface area contributed by atoms with Crippen LogP contribution in [0, 0.1) is 33.8 Å². The topological polar surface area (TPSA) is 191 Å². The van der Waals surface area contributed by atoms with Crippen LogP contribution in [0.3, 0.4) is 0 Å². The van der Waals surface area contributed by atoms with Crippen molar-refractivity contribution in [2.45, 2.75) is 89.6 Å². The predicted molar refractivity (Wildman–Crippen MR) is 114 cm³/mol. The van der Waals surface area contributed by atoms with E-state index in [4.69, 9.17) is 9.47 Å². The quantitative estimate of drug-likeness (QED) is 0.127. The van der Waals surface area contributed by atoms with Crippen LogP contribution in [0.2, 0.25) is 0 Å². The molecule has 34 heavy (non-hydrogen) atoms. The molecule has 0 aliphatic heterocycles. The van der Waals surface area contributed by atoms with Gasteiger partial charge in [-0.1, -0.05) is 19.8 Å². The normalized spacial score (nSPS) is 30.1. The van der Waals surface area contributed by atoms with Gasteiger partial charge in [-0.3, -0.25) is 29.3 Å². The number of carboxylic acids is 2. The van der Waals surface area contributed by atoms with Crippen LogP contribution in [0.15, 0.2) is 0 Å². The fourth-order valence-electron chi connectivity index (χ4n) is 4.74. The zero-order chi connectivity index (χ0) is 25.4. The maximum absolute atomic E-state index is 12.8. The molecular formula is C22H33NO11. The highest BCUT2D eigenvalue weighted by Gasteiger charge is 2.45. The molecule has 0 aromatic heterocycles. The summed E-state index contributed by atoms with van der Waals surface area (Å²) >= 11 is 0. The summed E-state index contributed by atoms with van der Waals surface area (Å²) in [5.74, 6) is -8.85. The van der Waals surface area contributed by atoms with E-state index in [9.17, 15) is 44.6 Å². The third-order valence-corrected chi connectivity index (χ3v) is 6.72. The maximum Gasteiger partial charge on any atom is 0.312 e. The van der Waals surface area contributed by atoms with Crippen molar-refractivity contribution in [1.82, 2.24) is 0 Å². The lowest BCUT2D eigenvalue weighted by molar-refractivity contribution is -0.528. The van der Waals surface area contributed by atoms with Crippen LogP contribution in [-0.2, 0) is 28.7 Å². The first-order chi connectivity index (χ1) is 16.0. The zero-order valence-electron chi connectivity index (χ0n) is 19.2. The van der Waals surface area contributed by atoms with Crippen LogP contribution in [0.5, 0.6) is 0 Å². The molecule has 0 spiro atoms. The summed E-state index contributed by atoms with van der Waals surface area (Å²) in [5.41, 5.74) is 0. The van der Waals surface area contributed by atoms with Gasteiger partial charge < -0.3 is 24.8 Å². The van der Waals surface area contributed by atoms with Gasteiger partial charge in [0.2, 0.25) is 12.3 Å². The summed E-state index contributed by atoms with van der Waals surface area (Å²) in [6.07, 6.45) is 0.0865. The Morgan fingerprint density at radius 1 is 0.882 bits per heavy atom. The standard InChI is InChI=1S/C22H33NO11/c1-2-3-4-5-18(34-22(30)15-9-7-13(24)11-17(15)20(27)28)33-21(29)14-8-6-12(23(31)32)10-16(14)19(25)26/h12-18,24H,2-11H2,1H3,(H,25,26)(H,27,28). The number of carboxylic acid groups (broad SMARTS) is 2. The average Bonchev–Trinajstić information content (AvgIpc) is 2.78. The highest BCUT2D eigenvalue weighted by Crippen LogP contribution is 2.35. The number of rotatable bonds is 11. The van der Waals surface area contributed by atoms with E-state index in [0.29, 0.717) is 6.42 Å². The number of ether oxygens (including phenoxy) is 2. The van der Waals surface area contributed by atoms with Gasteiger partial charge in [0, 0.05) is 24.2 Å². The van der Waals surface area contributed by atoms with Crippen molar-refractivity contribution in [1.29, 1.82) is 0 Å². The third-order valence-electron chi connectivity index (χ3n) is 6.72. The number of aliphatic hydroxyl groups is 1. The largest absolute Gasteiger partial charge is 0.481 e. The molecule has 2 rings (SSSR count). The number of unbranched alkanes of at least 4 members (excludes halogenated alkanes) is 2. The number of hydrogen-bond acceptors (Lipinski definition) is 9. The maximum atomic E-state index is 12.8. The fourth-order valence-corrected chi connectivity index (χ4v) is 4.74. The molecule has 7 atom stereocenters. The molecule has 0 aromatic carbocycles. The van der Waals surface area contributed by atoms with E-state index in [1.54, 1.807) is 0 Å². The molecule has 2 saturated carbocycles. The molecular weight excluding hydrogens is 454 g/mol. The average molecular weight is 488 g/mol. The molecule has 2 aliphatic carbocycles. The van der Waals surface area contributed by atoms with Crippen LogP contribution in [0.4, 0.5) is 0 Å². The van der Waals surface area contributed by atoms with Gasteiger partial charge in [-0.05, 0) is 32.1 Å². The Morgan fingerprint density at radius 3 is 1.91 bits per heavy atom. The van der Waals surface area contributed by atoms with E-state index in [1.807, 2.05) is 6.92 Å². The second-order valence-corrected chi connectivity index (χ2v) is 9.12. The first kappa shape index (κ1) is 27.5. The molecule has 0 aromatic rings. The lowest BCUT2D eigenvalue weighted by atomic mass is 9.77. The molecule has 0 bridgehead atoms. The Kier molecular flexibility index (Phi) is 10.2. The van der Waals surface area contributed by atoms with Gasteiger partial charge in [0.15, 0.2) is 0 Å². The molecule has 2 aliphatic rings. The highest BCUT2D eigenvalue weighted by molar-refractivity contribution is 5.83. The van der Waals surface area contributed by atoms with Crippen molar-refractivity contribution in [2.75, 3.05) is 0 Å². The summed E-state index contributed by atoms with van der Waals surface area (Å²) in [6, 6.07) is -1.06. The Morgan fingerprint density at radius 2 is 1.41 bits per heavy atom. The van der Waals surface area contributed by atoms with Crippen molar-refractivity contribution in [3.63, 3.8) is 0 Å². The smallest absolute Gasteiger partial charge is 0.312 e. The number of hydrogen-bond donors (Lipinski definition) is 3. The van der Waals surface area contributed by atoms with Crippen molar-refractivity contribution >= 4 is 23.9 Å². The van der Waals surface area contributed by atoms with Crippen LogP contribution < -0.4 is 0 Å². The Balaban J connectivity index is 2.10. The second kappa shape index (κ2) is 12.6. The van der Waals surface area contributed by atoms with Crippen molar-refractivity contribution < 1.29 is 48.9 Å². The van der Waals surface area contributed by atoms with Crippen molar-refractivity contribution in [3.05, 3.63) is 10.1 Å². The molecule has 0 saturated heterocycles. The van der Waals surface area contributed by atoms with Gasteiger partial charge in [-0.15, -0.1) is 0 Å². The minimum absolute atomic E-state index is 0.0293. The molecule has 0 amide bonds. The Bertz CT molecular complexity index is 770. The predicted octanol–water partition coefficient (Wildman–Crippen LogP) is 1.99. The third kappa shape index (κ3) is 7.37. The molecule has 3 N–H and O–H groups in total. The van der Waals surface area contributed by atoms with E-state index in [-0.39, 0.29) is 44.9 Å². The van der Waals surface area contributed by atoms with Crippen LogP contribution in [-0.4, -0.2) is 62.6 Å². The summed E-state index contributed by atoms with van der Waals surface area (Å²) in [6.45, 7) is 1.95. The Hall–Kier alpha value is -2.76. The summed E-state index contributed by atoms with van der Waals surface area (Å²) < 4.78 is 10.8. The molecule has 12 nitrogen and oxygen atoms in total. The van der Waals surface area contributed by atoms with Gasteiger partial charge in [0.1, 0.15) is 0 Å². The Labute approximate surface area is 196 Å². The summed E-state index contributed by atoms with van der Waals surface area (Å²) in [7, 11) is 0. The monoisotopic (exact) mass is 487 g/mol. The van der Waals surface area contributed by atoms with E-state index >= 15 is 0 Å². The lowest BCUT2D eigenvalue weighted by Crippen LogP contribution is -2.43. The van der Waals surface area contributed by atoms with Crippen LogP contribution in [0.25, 0.3) is 0 Å². The fraction of sp³-hybridized carbons (Fsp3) is 0.818. The first-order valence-electron chi connectivity index (χ1n) is 11.7. The molecule has 2 fully saturated rings. The number of carbonyl (C=O) groups excluding carboxylic acids is 2. The number of aliphatic hydroxyl groups excluding tert-OH is 1. The van der Waals surface area contributed by atoms with Gasteiger partial charge in [-0.25, -0.2) is 0 Å². The van der Waals surface area contributed by atoms with E-state index in [1.165, 1.54) is 0 Å². The van der Waals surface area contributed by atoms with E-state index < -0.39 is 70.9 Å². The summed E-state index contributed by atoms with van der Waals surface area (Å²) in [5, 5.41) is 39.8. The zero-order valence-corrected chi connectivity index (χ0v) is 19.2. The van der Waals surface area contributed by atoms with Crippen LogP contribution in [0.1, 0.15) is 71.1 Å². The second-order valence-electron chi connectivity index (χ2n) is 9.12. The molecule has 0 heterocycles. The molecule has 192 valence electrons. The lowest BCUT2D eigenvalue weighted by Gasteiger charge is -2.32. The van der Waals surface area contributed by atoms with Crippen molar-refractivity contribution in [2.24, 2.45) is 23.7 Å². The minimum Gasteiger partial charge on any atom is -0.481 e. The number of esters is 2. The number of carbonyl (C=O) groups is 4. The van der Waals surface area contributed by atoms with Gasteiger partial charge >= 0.3 is 23.9 Å². The van der Waals surface area contributed by atoms with Gasteiger partial charge in [0.25, 0.3) is 0 Å². The van der Waals surface area contributed by atoms with Crippen LogP contribution >= 0.6 is 0 Å². The minimum atomic E-state index is -1.34. The molecule has 7 unspecified atom stereocenters. The van der Waals surface area contributed by atoms with E-state index in [2.05, 4.69) is 0 Å². The SMILES string of the molecule is CCCCCC(OC(=O)C1CCC(O)CC1C(=O)O)OC(=O)C1CCC([N+](=O)[O-])CC1C(=O)O. The van der Waals surface area contributed by atoms with Crippen molar-refractivity contribution in [3.8, 4) is 0 Å². The summed E-state index contributed by atoms with van der Waals surface area (Å²) in [4.78, 5) is 59.4. The number of aliphatic carboxylic acids is 2. The molecule has 12 heteroatoms. The number of nitrogens with zero attached hydrogens (tertiary/aromatic N) is 1. The van der Waals surface area contributed by atoms with Gasteiger partial charge in [0.05, 0.1) is 29.8 Å². The highest BCUT2D eigenvalue weighted by atomic mass is 16.7. The number of nitro groups is 1. The first-order valence-corrected chi connectivity index (χ1v) is 11.7. The molecule has 0 radical (unpaired) electrons. The van der Waals surface area contributed by atoms with E-state index in [0.717, 1.165) is 12.8 Å². The van der Waals surface area contributed by atoms with Gasteiger partial charge in [-0.2, -0.15) is 0 Å².